The number of amides is 3. The number of benzene rings is 2. The summed E-state index contributed by atoms with van der Waals surface area (Å²) >= 11 is 0. The van der Waals surface area contributed by atoms with Crippen LogP contribution >= 0.6 is 0 Å². The number of unbranched alkanes of at least 4 members (excludes halogenated alkanes) is 3. The summed E-state index contributed by atoms with van der Waals surface area (Å²) < 4.78 is 5.44. The van der Waals surface area contributed by atoms with Crippen molar-refractivity contribution in [3.05, 3.63) is 71.8 Å². The highest BCUT2D eigenvalue weighted by molar-refractivity contribution is 5.92. The van der Waals surface area contributed by atoms with Gasteiger partial charge in [-0.25, -0.2) is 4.79 Å². The summed E-state index contributed by atoms with van der Waals surface area (Å²) in [4.78, 5) is 42.1. The molecular weight excluding hydrogens is 478 g/mol. The number of hydrogen-bond donors (Lipinski definition) is 2. The molecule has 2 rings (SSSR count). The second kappa shape index (κ2) is 15.2. The molecule has 2 unspecified atom stereocenters. The Labute approximate surface area is 228 Å². The maximum Gasteiger partial charge on any atom is 0.408 e. The molecule has 0 aliphatic heterocycles. The minimum Gasteiger partial charge on any atom is -0.444 e. The fourth-order valence-corrected chi connectivity index (χ4v) is 4.19. The number of carbonyl (C=O) groups is 3. The summed E-state index contributed by atoms with van der Waals surface area (Å²) in [5.74, 6) is -0.772. The Kier molecular flexibility index (Phi) is 12.3. The summed E-state index contributed by atoms with van der Waals surface area (Å²) in [6.07, 6.45) is 3.15. The van der Waals surface area contributed by atoms with Crippen molar-refractivity contribution in [2.24, 2.45) is 5.92 Å². The third-order valence-electron chi connectivity index (χ3n) is 6.13. The van der Waals surface area contributed by atoms with Gasteiger partial charge in [0, 0.05) is 13.1 Å². The Hall–Kier alpha value is -3.35. The van der Waals surface area contributed by atoms with Crippen LogP contribution in [0.25, 0.3) is 0 Å². The molecule has 0 saturated carbocycles. The van der Waals surface area contributed by atoms with Gasteiger partial charge < -0.3 is 20.3 Å². The van der Waals surface area contributed by atoms with E-state index in [0.717, 1.165) is 36.8 Å². The SMILES string of the molecule is CCCCCCN(C(=O)C(NC(=O)OC(C)(C)C)C(C)C)C(C(=O)NCc1ccccc1)c1ccccc1. The molecule has 0 fully saturated rings. The van der Waals surface area contributed by atoms with E-state index in [1.54, 1.807) is 25.7 Å². The van der Waals surface area contributed by atoms with Crippen LogP contribution in [-0.4, -0.2) is 41.0 Å². The number of nitrogens with one attached hydrogen (secondary N) is 2. The van der Waals surface area contributed by atoms with E-state index in [-0.39, 0.29) is 17.7 Å². The topological polar surface area (TPSA) is 87.7 Å². The third-order valence-corrected chi connectivity index (χ3v) is 6.13. The van der Waals surface area contributed by atoms with Gasteiger partial charge in [-0.1, -0.05) is 101 Å². The summed E-state index contributed by atoms with van der Waals surface area (Å²) in [5.41, 5.74) is 1.00. The van der Waals surface area contributed by atoms with E-state index < -0.39 is 23.8 Å². The number of nitrogens with zero attached hydrogens (tertiary/aromatic N) is 1. The predicted octanol–water partition coefficient (Wildman–Crippen LogP) is 6.00. The first-order valence-electron chi connectivity index (χ1n) is 13.7. The molecule has 2 aromatic carbocycles. The van der Waals surface area contributed by atoms with Crippen LogP contribution in [0.3, 0.4) is 0 Å². The maximum absolute atomic E-state index is 14.1. The first kappa shape index (κ1) is 30.9. The van der Waals surface area contributed by atoms with Crippen molar-refractivity contribution >= 4 is 17.9 Å². The molecule has 0 aliphatic carbocycles. The Balaban J connectivity index is 2.40. The zero-order chi connectivity index (χ0) is 28.1. The maximum atomic E-state index is 14.1. The smallest absolute Gasteiger partial charge is 0.408 e. The number of carbonyl (C=O) groups excluding carboxylic acids is 3. The van der Waals surface area contributed by atoms with Crippen molar-refractivity contribution in [2.45, 2.75) is 91.5 Å². The first-order chi connectivity index (χ1) is 18.0. The lowest BCUT2D eigenvalue weighted by Crippen LogP contribution is -2.55. The molecule has 0 spiro atoms. The van der Waals surface area contributed by atoms with Gasteiger partial charge >= 0.3 is 6.09 Å². The van der Waals surface area contributed by atoms with Crippen LogP contribution < -0.4 is 10.6 Å². The highest BCUT2D eigenvalue weighted by atomic mass is 16.6. The van der Waals surface area contributed by atoms with Crippen molar-refractivity contribution in [2.75, 3.05) is 6.54 Å². The zero-order valence-corrected chi connectivity index (χ0v) is 23.8. The zero-order valence-electron chi connectivity index (χ0n) is 23.8. The van der Waals surface area contributed by atoms with E-state index in [1.807, 2.05) is 74.5 Å². The molecular formula is C31H45N3O4. The molecule has 7 nitrogen and oxygen atoms in total. The van der Waals surface area contributed by atoms with E-state index in [1.165, 1.54) is 0 Å². The van der Waals surface area contributed by atoms with E-state index in [2.05, 4.69) is 17.6 Å². The summed E-state index contributed by atoms with van der Waals surface area (Å²) in [6, 6.07) is 17.3. The summed E-state index contributed by atoms with van der Waals surface area (Å²) in [7, 11) is 0. The molecule has 0 aliphatic rings. The Morgan fingerprint density at radius 2 is 1.50 bits per heavy atom. The lowest BCUT2D eigenvalue weighted by atomic mass is 9.98. The van der Waals surface area contributed by atoms with E-state index in [4.69, 9.17) is 4.74 Å². The van der Waals surface area contributed by atoms with Gasteiger partial charge in [-0.3, -0.25) is 9.59 Å². The van der Waals surface area contributed by atoms with E-state index >= 15 is 0 Å². The standard InChI is InChI=1S/C31H45N3O4/c1-7-8-9-16-21-34(29(36)26(23(2)3)33-30(37)38-31(4,5)6)27(25-19-14-11-15-20-25)28(35)32-22-24-17-12-10-13-18-24/h10-15,17-20,23,26-27H,7-9,16,21-22H2,1-6H3,(H,32,35)(H,33,37). The fraction of sp³-hybridized carbons (Fsp3) is 0.516. The van der Waals surface area contributed by atoms with Crippen LogP contribution in [-0.2, 0) is 20.9 Å². The predicted molar refractivity (Wildman–Crippen MR) is 151 cm³/mol. The minimum atomic E-state index is -0.843. The molecule has 3 amide bonds. The van der Waals surface area contributed by atoms with E-state index in [0.29, 0.717) is 13.1 Å². The van der Waals surface area contributed by atoms with Crippen molar-refractivity contribution in [1.29, 1.82) is 0 Å². The third kappa shape index (κ3) is 10.2. The average molecular weight is 524 g/mol. The van der Waals surface area contributed by atoms with Gasteiger partial charge in [-0.2, -0.15) is 0 Å². The van der Waals surface area contributed by atoms with Crippen LogP contribution in [0.15, 0.2) is 60.7 Å². The minimum absolute atomic E-state index is 0.211. The van der Waals surface area contributed by atoms with Gasteiger partial charge in [0.05, 0.1) is 0 Å². The largest absolute Gasteiger partial charge is 0.444 e. The molecule has 0 aromatic heterocycles. The van der Waals surface area contributed by atoms with Crippen LogP contribution in [0.1, 0.15) is 84.4 Å². The molecule has 2 N–H and O–H groups in total. The van der Waals surface area contributed by atoms with Crippen LogP contribution in [0.4, 0.5) is 4.79 Å². The average Bonchev–Trinajstić information content (AvgIpc) is 2.87. The quantitative estimate of drug-likeness (QED) is 0.315. The van der Waals surface area contributed by atoms with Crippen LogP contribution in [0.2, 0.25) is 0 Å². The Morgan fingerprint density at radius 1 is 0.895 bits per heavy atom. The van der Waals surface area contributed by atoms with Crippen molar-refractivity contribution in [3.63, 3.8) is 0 Å². The Bertz CT molecular complexity index is 1000. The molecule has 0 radical (unpaired) electrons. The highest BCUT2D eigenvalue weighted by Gasteiger charge is 2.37. The second-order valence-corrected chi connectivity index (χ2v) is 11.0. The lowest BCUT2D eigenvalue weighted by molar-refractivity contribution is -0.143. The van der Waals surface area contributed by atoms with E-state index in [9.17, 15) is 14.4 Å². The molecule has 208 valence electrons. The van der Waals surface area contributed by atoms with Crippen molar-refractivity contribution < 1.29 is 19.1 Å². The van der Waals surface area contributed by atoms with Gasteiger partial charge in [0.25, 0.3) is 0 Å². The van der Waals surface area contributed by atoms with Gasteiger partial charge in [0.15, 0.2) is 0 Å². The normalized spacial score (nSPS) is 12.9. The number of alkyl carbamates (subject to hydrolysis) is 1. The van der Waals surface area contributed by atoms with Crippen LogP contribution in [0, 0.1) is 5.92 Å². The summed E-state index contributed by atoms with van der Waals surface area (Å²) in [5, 5.41) is 5.80. The van der Waals surface area contributed by atoms with Gasteiger partial charge in [-0.05, 0) is 44.2 Å². The monoisotopic (exact) mass is 523 g/mol. The molecule has 0 heterocycles. The second-order valence-electron chi connectivity index (χ2n) is 11.0. The fourth-order valence-electron chi connectivity index (χ4n) is 4.19. The number of hydrogen-bond acceptors (Lipinski definition) is 4. The molecule has 0 saturated heterocycles. The molecule has 2 atom stereocenters. The van der Waals surface area contributed by atoms with Crippen molar-refractivity contribution in [3.8, 4) is 0 Å². The number of ether oxygens (including phenoxy) is 1. The Morgan fingerprint density at radius 3 is 2.05 bits per heavy atom. The van der Waals surface area contributed by atoms with Gasteiger partial charge in [-0.15, -0.1) is 0 Å². The van der Waals surface area contributed by atoms with Gasteiger partial charge in [0.1, 0.15) is 17.7 Å². The molecule has 2 aromatic rings. The molecule has 38 heavy (non-hydrogen) atoms. The van der Waals surface area contributed by atoms with Crippen molar-refractivity contribution in [1.82, 2.24) is 15.5 Å². The first-order valence-corrected chi connectivity index (χ1v) is 13.7. The lowest BCUT2D eigenvalue weighted by Gasteiger charge is -2.35. The molecule has 0 bridgehead atoms. The highest BCUT2D eigenvalue weighted by Crippen LogP contribution is 2.25. The summed E-state index contributed by atoms with van der Waals surface area (Å²) in [6.45, 7) is 12.0. The van der Waals surface area contributed by atoms with Gasteiger partial charge in [0.2, 0.25) is 11.8 Å². The van der Waals surface area contributed by atoms with Crippen LogP contribution in [0.5, 0.6) is 0 Å². The molecule has 7 heteroatoms. The number of rotatable bonds is 13.